The quantitative estimate of drug-likeness (QED) is 0.894. The Hall–Kier alpha value is -2.36. The minimum atomic E-state index is -0.215. The van der Waals surface area contributed by atoms with Gasteiger partial charge in [0.2, 0.25) is 0 Å². The van der Waals surface area contributed by atoms with Crippen LogP contribution in [0.25, 0.3) is 0 Å². The minimum absolute atomic E-state index is 0.0885. The topological polar surface area (TPSA) is 54.0 Å². The Morgan fingerprint density at radius 2 is 2.05 bits per heavy atom. The average Bonchev–Trinajstić information content (AvgIpc) is 2.43. The molecule has 0 spiro atoms. The van der Waals surface area contributed by atoms with Crippen molar-refractivity contribution in [1.82, 2.24) is 10.3 Å². The van der Waals surface area contributed by atoms with Crippen LogP contribution >= 0.6 is 0 Å². The maximum absolute atomic E-state index is 12.0. The largest absolute Gasteiger partial charge is 0.331 e. The Labute approximate surface area is 119 Å². The summed E-state index contributed by atoms with van der Waals surface area (Å²) in [6.45, 7) is 5.94. The molecule has 0 saturated heterocycles. The van der Waals surface area contributed by atoms with Gasteiger partial charge in [0, 0.05) is 18.1 Å². The predicted octanol–water partition coefficient (Wildman–Crippen LogP) is 3.58. The molecule has 2 amide bonds. The van der Waals surface area contributed by atoms with E-state index in [9.17, 15) is 4.79 Å². The summed E-state index contributed by atoms with van der Waals surface area (Å²) in [7, 11) is 0. The molecule has 0 aliphatic heterocycles. The molecule has 1 aromatic carbocycles. The number of carbonyl (C=O) groups excluding carboxylic acids is 1. The van der Waals surface area contributed by atoms with Crippen LogP contribution in [0.5, 0.6) is 0 Å². The second-order valence-electron chi connectivity index (χ2n) is 4.92. The van der Waals surface area contributed by atoms with Gasteiger partial charge in [0.05, 0.1) is 6.04 Å². The number of nitrogens with zero attached hydrogens (tertiary/aromatic N) is 1. The van der Waals surface area contributed by atoms with Crippen molar-refractivity contribution in [3.05, 3.63) is 59.4 Å². The number of carbonyl (C=O) groups is 1. The van der Waals surface area contributed by atoms with Crippen molar-refractivity contribution in [3.63, 3.8) is 0 Å². The van der Waals surface area contributed by atoms with Crippen LogP contribution < -0.4 is 10.6 Å². The maximum atomic E-state index is 12.0. The molecule has 0 saturated carbocycles. The van der Waals surface area contributed by atoms with Crippen molar-refractivity contribution >= 4 is 11.7 Å². The molecule has 0 aliphatic rings. The van der Waals surface area contributed by atoms with Crippen molar-refractivity contribution in [2.24, 2.45) is 0 Å². The van der Waals surface area contributed by atoms with E-state index in [1.54, 1.807) is 12.4 Å². The van der Waals surface area contributed by atoms with E-state index < -0.39 is 0 Å². The summed E-state index contributed by atoms with van der Waals surface area (Å²) in [6, 6.07) is 9.43. The molecule has 1 atom stereocenters. The molecule has 4 nitrogen and oxygen atoms in total. The number of benzene rings is 1. The first-order valence-electron chi connectivity index (χ1n) is 6.61. The highest BCUT2D eigenvalue weighted by Crippen LogP contribution is 2.16. The Morgan fingerprint density at radius 1 is 1.25 bits per heavy atom. The second-order valence-corrected chi connectivity index (χ2v) is 4.92. The lowest BCUT2D eigenvalue weighted by Gasteiger charge is -2.15. The first-order chi connectivity index (χ1) is 9.56. The molecule has 2 rings (SSSR count). The third kappa shape index (κ3) is 3.57. The minimum Gasteiger partial charge on any atom is -0.331 e. The summed E-state index contributed by atoms with van der Waals surface area (Å²) in [5, 5.41) is 5.76. The number of aromatic nitrogens is 1. The molecule has 4 heteroatoms. The maximum Gasteiger partial charge on any atom is 0.319 e. The molecule has 0 aliphatic carbocycles. The lowest BCUT2D eigenvalue weighted by atomic mass is 10.1. The fourth-order valence-corrected chi connectivity index (χ4v) is 2.02. The summed E-state index contributed by atoms with van der Waals surface area (Å²) in [5.41, 5.74) is 4.03. The van der Waals surface area contributed by atoms with Gasteiger partial charge in [-0.2, -0.15) is 0 Å². The van der Waals surface area contributed by atoms with Gasteiger partial charge >= 0.3 is 6.03 Å². The van der Waals surface area contributed by atoms with Crippen LogP contribution in [0.2, 0.25) is 0 Å². The van der Waals surface area contributed by atoms with Gasteiger partial charge in [-0.25, -0.2) is 4.79 Å². The zero-order valence-corrected chi connectivity index (χ0v) is 12.0. The van der Waals surface area contributed by atoms with Gasteiger partial charge < -0.3 is 10.6 Å². The molecule has 0 unspecified atom stereocenters. The van der Waals surface area contributed by atoms with E-state index in [1.165, 1.54) is 5.56 Å². The lowest BCUT2D eigenvalue weighted by Crippen LogP contribution is -2.31. The average molecular weight is 269 g/mol. The van der Waals surface area contributed by atoms with Crippen LogP contribution in [0.4, 0.5) is 10.5 Å². The second kappa shape index (κ2) is 6.19. The number of pyridine rings is 1. The zero-order chi connectivity index (χ0) is 14.5. The number of anilines is 1. The fourth-order valence-electron chi connectivity index (χ4n) is 2.02. The molecule has 2 N–H and O–H groups in total. The number of amides is 2. The van der Waals surface area contributed by atoms with Crippen LogP contribution in [-0.2, 0) is 0 Å². The highest BCUT2D eigenvalue weighted by molar-refractivity contribution is 5.90. The number of urea groups is 1. The Kier molecular flexibility index (Phi) is 4.35. The van der Waals surface area contributed by atoms with Crippen molar-refractivity contribution < 1.29 is 4.79 Å². The van der Waals surface area contributed by atoms with Crippen LogP contribution in [0.3, 0.4) is 0 Å². The summed E-state index contributed by atoms with van der Waals surface area (Å²) < 4.78 is 0. The summed E-state index contributed by atoms with van der Waals surface area (Å²) in [5.74, 6) is 0. The molecule has 20 heavy (non-hydrogen) atoms. The zero-order valence-electron chi connectivity index (χ0n) is 12.0. The Balaban J connectivity index is 1.99. The van der Waals surface area contributed by atoms with Crippen molar-refractivity contribution in [2.75, 3.05) is 5.32 Å². The van der Waals surface area contributed by atoms with E-state index >= 15 is 0 Å². The smallest absolute Gasteiger partial charge is 0.319 e. The molecule has 0 radical (unpaired) electrons. The van der Waals surface area contributed by atoms with Crippen molar-refractivity contribution in [1.29, 1.82) is 0 Å². The van der Waals surface area contributed by atoms with Crippen molar-refractivity contribution in [3.8, 4) is 0 Å². The summed E-state index contributed by atoms with van der Waals surface area (Å²) in [6.07, 6.45) is 3.47. The van der Waals surface area contributed by atoms with E-state index in [4.69, 9.17) is 0 Å². The molecule has 1 heterocycles. The SMILES string of the molecule is Cc1ccc(NC(=O)N[C@H](C)c2cccnc2)c(C)c1. The lowest BCUT2D eigenvalue weighted by molar-refractivity contribution is 0.249. The normalized spacial score (nSPS) is 11.8. The molecule has 0 fully saturated rings. The predicted molar refractivity (Wildman–Crippen MR) is 80.7 cm³/mol. The van der Waals surface area contributed by atoms with E-state index in [0.717, 1.165) is 16.8 Å². The summed E-state index contributed by atoms with van der Waals surface area (Å²) in [4.78, 5) is 16.0. The number of hydrogen-bond acceptors (Lipinski definition) is 2. The number of hydrogen-bond donors (Lipinski definition) is 2. The number of rotatable bonds is 3. The van der Waals surface area contributed by atoms with Gasteiger partial charge in [0.1, 0.15) is 0 Å². The Bertz CT molecular complexity index is 596. The standard InChI is InChI=1S/C16H19N3O/c1-11-6-7-15(12(2)9-11)19-16(20)18-13(3)14-5-4-8-17-10-14/h4-10,13H,1-3H3,(H2,18,19,20)/t13-/m1/s1. The van der Waals surface area contributed by atoms with Gasteiger partial charge in [-0.05, 0) is 44.0 Å². The van der Waals surface area contributed by atoms with Gasteiger partial charge in [-0.3, -0.25) is 4.98 Å². The van der Waals surface area contributed by atoms with E-state index in [-0.39, 0.29) is 12.1 Å². The molecule has 1 aromatic heterocycles. The molecule has 2 aromatic rings. The first kappa shape index (κ1) is 14.1. The first-order valence-corrected chi connectivity index (χ1v) is 6.61. The highest BCUT2D eigenvalue weighted by Gasteiger charge is 2.10. The van der Waals surface area contributed by atoms with Gasteiger partial charge in [-0.1, -0.05) is 23.8 Å². The van der Waals surface area contributed by atoms with E-state index in [0.29, 0.717) is 0 Å². The van der Waals surface area contributed by atoms with Gasteiger partial charge in [-0.15, -0.1) is 0 Å². The number of nitrogens with one attached hydrogen (secondary N) is 2. The fraction of sp³-hybridized carbons (Fsp3) is 0.250. The van der Waals surface area contributed by atoms with Crippen molar-refractivity contribution in [2.45, 2.75) is 26.8 Å². The van der Waals surface area contributed by atoms with Gasteiger partial charge in [0.15, 0.2) is 0 Å². The van der Waals surface area contributed by atoms with E-state index in [2.05, 4.69) is 15.6 Å². The third-order valence-corrected chi connectivity index (χ3v) is 3.16. The Morgan fingerprint density at radius 3 is 2.70 bits per heavy atom. The van der Waals surface area contributed by atoms with Crippen LogP contribution in [0.1, 0.15) is 29.7 Å². The molecular weight excluding hydrogens is 250 g/mol. The third-order valence-electron chi connectivity index (χ3n) is 3.16. The van der Waals surface area contributed by atoms with Gasteiger partial charge in [0.25, 0.3) is 0 Å². The van der Waals surface area contributed by atoms with Crippen LogP contribution in [0, 0.1) is 13.8 Å². The van der Waals surface area contributed by atoms with E-state index in [1.807, 2.05) is 51.1 Å². The monoisotopic (exact) mass is 269 g/mol. The van der Waals surface area contributed by atoms with Crippen LogP contribution in [0.15, 0.2) is 42.7 Å². The van der Waals surface area contributed by atoms with Crippen LogP contribution in [-0.4, -0.2) is 11.0 Å². The molecule has 104 valence electrons. The number of aryl methyl sites for hydroxylation is 2. The molecular formula is C16H19N3O. The summed E-state index contributed by atoms with van der Waals surface area (Å²) >= 11 is 0. The highest BCUT2D eigenvalue weighted by atomic mass is 16.2. The molecule has 0 bridgehead atoms.